The van der Waals surface area contributed by atoms with Crippen molar-refractivity contribution >= 4 is 31.2 Å². The predicted molar refractivity (Wildman–Crippen MR) is 134 cm³/mol. The van der Waals surface area contributed by atoms with Gasteiger partial charge >= 0.3 is 5.97 Å². The minimum atomic E-state index is -0.485. The van der Waals surface area contributed by atoms with E-state index < -0.39 is 5.60 Å². The highest BCUT2D eigenvalue weighted by atomic mass is 32.1. The van der Waals surface area contributed by atoms with Crippen LogP contribution in [0.5, 0.6) is 0 Å². The van der Waals surface area contributed by atoms with E-state index in [2.05, 4.69) is 46.0 Å². The fraction of sp³-hybridized carbons (Fsp3) is 0.958. The molecule has 1 fully saturated rings. The maximum absolute atomic E-state index is 12.3. The molecule has 1 saturated heterocycles. The largest absolute Gasteiger partial charge is 0.459 e. The molecule has 31 heavy (non-hydrogen) atoms. The molecule has 1 aliphatic rings. The lowest BCUT2D eigenvalue weighted by molar-refractivity contribution is -0.162. The summed E-state index contributed by atoms with van der Waals surface area (Å²) in [5.41, 5.74) is -0.757. The lowest BCUT2D eigenvalue weighted by Crippen LogP contribution is -2.35. The van der Waals surface area contributed by atoms with Crippen LogP contribution in [0.1, 0.15) is 91.9 Å². The highest BCUT2D eigenvalue weighted by Gasteiger charge is 2.28. The molecule has 0 aromatic rings. The summed E-state index contributed by atoms with van der Waals surface area (Å²) in [6.07, 6.45) is 9.09. The van der Waals surface area contributed by atoms with E-state index in [4.69, 9.17) is 18.9 Å². The molecule has 0 N–H and O–H groups in total. The molecule has 0 aromatic heterocycles. The van der Waals surface area contributed by atoms with Gasteiger partial charge in [0.05, 0.1) is 24.9 Å². The molecule has 0 bridgehead atoms. The van der Waals surface area contributed by atoms with Crippen LogP contribution in [0.4, 0.5) is 0 Å². The monoisotopic (exact) mass is 478 g/mol. The second kappa shape index (κ2) is 15.8. The maximum Gasteiger partial charge on any atom is 0.306 e. The number of hydrogen-bond donors (Lipinski definition) is 2. The molecule has 3 atom stereocenters. The summed E-state index contributed by atoms with van der Waals surface area (Å²) in [6.45, 7) is 11.0. The number of ether oxygens (including phenoxy) is 4. The zero-order valence-electron chi connectivity index (χ0n) is 20.2. The zero-order chi connectivity index (χ0) is 23.2. The third kappa shape index (κ3) is 14.0. The Morgan fingerprint density at radius 2 is 1.94 bits per heavy atom. The third-order valence-electron chi connectivity index (χ3n) is 6.04. The van der Waals surface area contributed by atoms with Gasteiger partial charge in [-0.15, -0.1) is 0 Å². The van der Waals surface area contributed by atoms with Crippen LogP contribution in [0.3, 0.4) is 0 Å². The Hall–Kier alpha value is 0.0500. The first-order valence-corrected chi connectivity index (χ1v) is 13.2. The van der Waals surface area contributed by atoms with E-state index in [1.807, 2.05) is 6.92 Å². The first kappa shape index (κ1) is 29.1. The van der Waals surface area contributed by atoms with E-state index >= 15 is 0 Å². The molecule has 5 nitrogen and oxygen atoms in total. The molecule has 0 amide bonds. The average molecular weight is 479 g/mol. The quantitative estimate of drug-likeness (QED) is 0.151. The smallest absolute Gasteiger partial charge is 0.306 e. The molecule has 0 spiro atoms. The van der Waals surface area contributed by atoms with Crippen molar-refractivity contribution < 1.29 is 23.7 Å². The van der Waals surface area contributed by atoms with Crippen LogP contribution in [0, 0.1) is 0 Å². The lowest BCUT2D eigenvalue weighted by Gasteiger charge is -2.31. The number of hydrogen-bond acceptors (Lipinski definition) is 7. The summed E-state index contributed by atoms with van der Waals surface area (Å²) in [7, 11) is 0. The Bertz CT molecular complexity index is 483. The lowest BCUT2D eigenvalue weighted by atomic mass is 9.98. The topological polar surface area (TPSA) is 54.0 Å². The molecule has 1 rings (SSSR count). The van der Waals surface area contributed by atoms with E-state index in [9.17, 15) is 4.79 Å². The second-order valence-corrected chi connectivity index (χ2v) is 10.7. The van der Waals surface area contributed by atoms with Crippen LogP contribution >= 0.6 is 25.3 Å². The van der Waals surface area contributed by atoms with E-state index in [0.717, 1.165) is 63.7 Å². The van der Waals surface area contributed by atoms with Gasteiger partial charge in [0.1, 0.15) is 5.60 Å². The highest BCUT2D eigenvalue weighted by molar-refractivity contribution is 7.81. The summed E-state index contributed by atoms with van der Waals surface area (Å²) in [5, 5.41) is 0.372. The van der Waals surface area contributed by atoms with Crippen molar-refractivity contribution in [3.8, 4) is 0 Å². The molecule has 0 radical (unpaired) electrons. The summed E-state index contributed by atoms with van der Waals surface area (Å²) in [5.74, 6) is 0.739. The summed E-state index contributed by atoms with van der Waals surface area (Å²) in [4.78, 5) is 12.3. The van der Waals surface area contributed by atoms with Crippen LogP contribution in [-0.4, -0.2) is 60.7 Å². The van der Waals surface area contributed by atoms with Crippen molar-refractivity contribution in [2.24, 2.45) is 0 Å². The van der Waals surface area contributed by atoms with Gasteiger partial charge in [0.15, 0.2) is 0 Å². The van der Waals surface area contributed by atoms with E-state index in [0.29, 0.717) is 37.9 Å². The van der Waals surface area contributed by atoms with Crippen LogP contribution in [-0.2, 0) is 23.7 Å². The summed E-state index contributed by atoms with van der Waals surface area (Å²) >= 11 is 8.77. The van der Waals surface area contributed by atoms with Gasteiger partial charge in [0.2, 0.25) is 0 Å². The number of carbonyl (C=O) groups is 1. The SMILES string of the molecule is CCC(C)(CCOC(C)(C)CCOCC1CCCO1)OC(=O)CCCCC(S)CCS. The maximum atomic E-state index is 12.3. The Balaban J connectivity index is 2.20. The predicted octanol–water partition coefficient (Wildman–Crippen LogP) is 5.65. The van der Waals surface area contributed by atoms with Crippen molar-refractivity contribution in [1.29, 1.82) is 0 Å². The van der Waals surface area contributed by atoms with Gasteiger partial charge < -0.3 is 18.9 Å². The van der Waals surface area contributed by atoms with Gasteiger partial charge in [-0.25, -0.2) is 0 Å². The second-order valence-electron chi connectivity index (χ2n) is 9.51. The van der Waals surface area contributed by atoms with Gasteiger partial charge in [-0.3, -0.25) is 4.79 Å². The van der Waals surface area contributed by atoms with E-state index in [-0.39, 0.29) is 17.7 Å². The molecular formula is C24H46O5S2. The number of unbranched alkanes of at least 4 members (excludes halogenated alkanes) is 1. The zero-order valence-corrected chi connectivity index (χ0v) is 22.0. The fourth-order valence-electron chi connectivity index (χ4n) is 3.49. The Morgan fingerprint density at radius 3 is 2.58 bits per heavy atom. The van der Waals surface area contributed by atoms with Crippen LogP contribution in [0.25, 0.3) is 0 Å². The number of carbonyl (C=O) groups excluding carboxylic acids is 1. The molecule has 0 aromatic carbocycles. The van der Waals surface area contributed by atoms with Gasteiger partial charge in [-0.2, -0.15) is 25.3 Å². The molecule has 3 unspecified atom stereocenters. The minimum Gasteiger partial charge on any atom is -0.459 e. The molecule has 1 heterocycles. The standard InChI is InChI=1S/C24H46O5S2/c1-5-24(4,29-22(25)11-7-6-10-21(31)12-18-30)14-17-28-23(2,3)13-16-26-19-20-9-8-15-27-20/h20-21,30-31H,5-19H2,1-4H3. The van der Waals surface area contributed by atoms with Crippen molar-refractivity contribution in [3.63, 3.8) is 0 Å². The van der Waals surface area contributed by atoms with E-state index in [1.165, 1.54) is 0 Å². The van der Waals surface area contributed by atoms with Crippen LogP contribution in [0.15, 0.2) is 0 Å². The van der Waals surface area contributed by atoms with Crippen molar-refractivity contribution in [2.75, 3.05) is 32.2 Å². The fourth-order valence-corrected chi connectivity index (χ4v) is 4.32. The van der Waals surface area contributed by atoms with Gasteiger partial charge in [-0.1, -0.05) is 13.3 Å². The molecule has 0 saturated carbocycles. The Morgan fingerprint density at radius 1 is 1.16 bits per heavy atom. The molecule has 7 heteroatoms. The molecule has 184 valence electrons. The number of rotatable bonds is 18. The van der Waals surface area contributed by atoms with Gasteiger partial charge in [0, 0.05) is 31.3 Å². The highest BCUT2D eigenvalue weighted by Crippen LogP contribution is 2.24. The summed E-state index contributed by atoms with van der Waals surface area (Å²) < 4.78 is 23.3. The first-order valence-electron chi connectivity index (χ1n) is 12.0. The minimum absolute atomic E-state index is 0.115. The van der Waals surface area contributed by atoms with Crippen molar-refractivity contribution in [1.82, 2.24) is 0 Å². The number of thiol groups is 2. The van der Waals surface area contributed by atoms with Gasteiger partial charge in [-0.05, 0) is 71.5 Å². The number of esters is 1. The first-order chi connectivity index (χ1) is 14.7. The molecule has 0 aliphatic carbocycles. The van der Waals surface area contributed by atoms with Crippen LogP contribution < -0.4 is 0 Å². The molecule has 1 aliphatic heterocycles. The average Bonchev–Trinajstić information content (AvgIpc) is 3.22. The third-order valence-corrected chi connectivity index (χ3v) is 6.81. The summed E-state index contributed by atoms with van der Waals surface area (Å²) in [6, 6.07) is 0. The van der Waals surface area contributed by atoms with Gasteiger partial charge in [0.25, 0.3) is 0 Å². The Labute approximate surface area is 201 Å². The Kier molecular flexibility index (Phi) is 14.8. The normalized spacial score (nSPS) is 19.9. The molecular weight excluding hydrogens is 432 g/mol. The van der Waals surface area contributed by atoms with Crippen LogP contribution in [0.2, 0.25) is 0 Å². The van der Waals surface area contributed by atoms with Crippen molar-refractivity contribution in [2.45, 2.75) is 114 Å². The van der Waals surface area contributed by atoms with Crippen molar-refractivity contribution in [3.05, 3.63) is 0 Å². The van der Waals surface area contributed by atoms with E-state index in [1.54, 1.807) is 0 Å².